The van der Waals surface area contributed by atoms with Crippen molar-refractivity contribution in [1.82, 2.24) is 5.32 Å². The molecule has 0 aromatic heterocycles. The molecule has 4 nitrogen and oxygen atoms in total. The largest absolute Gasteiger partial charge is 0.478 e. The van der Waals surface area contributed by atoms with Crippen molar-refractivity contribution < 1.29 is 14.7 Å². The van der Waals surface area contributed by atoms with Crippen molar-refractivity contribution in [1.29, 1.82) is 0 Å². The Labute approximate surface area is 117 Å². The fraction of sp³-hybridized carbons (Fsp3) is 0.429. The zero-order chi connectivity index (χ0) is 14.3. The highest BCUT2D eigenvalue weighted by molar-refractivity contribution is 7.98. The van der Waals surface area contributed by atoms with Crippen LogP contribution in [0.4, 0.5) is 0 Å². The minimum absolute atomic E-state index is 0.0314. The van der Waals surface area contributed by atoms with Crippen molar-refractivity contribution in [3.63, 3.8) is 0 Å². The van der Waals surface area contributed by atoms with Gasteiger partial charge in [-0.1, -0.05) is 12.1 Å². The molecular formula is C14H19NO3S. The summed E-state index contributed by atoms with van der Waals surface area (Å²) >= 11 is 1.70. The molecule has 0 heterocycles. The van der Waals surface area contributed by atoms with E-state index in [2.05, 4.69) is 5.32 Å². The topological polar surface area (TPSA) is 66.4 Å². The van der Waals surface area contributed by atoms with Gasteiger partial charge in [0.1, 0.15) is 0 Å². The second-order valence-electron chi connectivity index (χ2n) is 4.43. The Bertz CT molecular complexity index is 431. The van der Waals surface area contributed by atoms with Gasteiger partial charge < -0.3 is 10.4 Å². The number of aryl methyl sites for hydroxylation is 1. The SMILES string of the molecule is CSCC(C)NC(=O)CCc1ccc(C(=O)O)cc1. The van der Waals surface area contributed by atoms with E-state index in [1.165, 1.54) is 0 Å². The minimum Gasteiger partial charge on any atom is -0.478 e. The van der Waals surface area contributed by atoms with E-state index in [9.17, 15) is 9.59 Å². The molecule has 1 aromatic rings. The van der Waals surface area contributed by atoms with Crippen LogP contribution in [0.25, 0.3) is 0 Å². The molecule has 2 N–H and O–H groups in total. The van der Waals surface area contributed by atoms with Gasteiger partial charge in [0, 0.05) is 18.2 Å². The highest BCUT2D eigenvalue weighted by Gasteiger charge is 2.07. The first-order valence-corrected chi connectivity index (χ1v) is 7.53. The van der Waals surface area contributed by atoms with Crippen LogP contribution >= 0.6 is 11.8 Å². The predicted molar refractivity (Wildman–Crippen MR) is 77.7 cm³/mol. The van der Waals surface area contributed by atoms with E-state index in [1.54, 1.807) is 36.0 Å². The summed E-state index contributed by atoms with van der Waals surface area (Å²) < 4.78 is 0. The van der Waals surface area contributed by atoms with Gasteiger partial charge in [0.05, 0.1) is 5.56 Å². The Hall–Kier alpha value is -1.49. The smallest absolute Gasteiger partial charge is 0.335 e. The molecule has 0 fully saturated rings. The molecule has 0 spiro atoms. The van der Waals surface area contributed by atoms with E-state index >= 15 is 0 Å². The maximum atomic E-state index is 11.7. The molecule has 104 valence electrons. The maximum absolute atomic E-state index is 11.7. The Balaban J connectivity index is 2.39. The molecule has 1 amide bonds. The molecule has 0 bridgehead atoms. The Morgan fingerprint density at radius 2 is 1.95 bits per heavy atom. The number of thioether (sulfide) groups is 1. The first kappa shape index (κ1) is 15.6. The summed E-state index contributed by atoms with van der Waals surface area (Å²) in [6, 6.07) is 6.80. The second-order valence-corrected chi connectivity index (χ2v) is 5.34. The molecule has 0 aliphatic carbocycles. The van der Waals surface area contributed by atoms with Gasteiger partial charge in [-0.2, -0.15) is 11.8 Å². The Morgan fingerprint density at radius 3 is 2.47 bits per heavy atom. The first-order valence-electron chi connectivity index (χ1n) is 6.13. The van der Waals surface area contributed by atoms with Crippen LogP contribution in [0.15, 0.2) is 24.3 Å². The molecule has 5 heteroatoms. The molecule has 0 aliphatic rings. The molecule has 0 saturated carbocycles. The van der Waals surface area contributed by atoms with Gasteiger partial charge in [-0.25, -0.2) is 4.79 Å². The van der Waals surface area contributed by atoms with E-state index in [-0.39, 0.29) is 17.5 Å². The molecule has 1 unspecified atom stereocenters. The monoisotopic (exact) mass is 281 g/mol. The number of rotatable bonds is 7. The summed E-state index contributed by atoms with van der Waals surface area (Å²) in [6.07, 6.45) is 3.05. The van der Waals surface area contributed by atoms with Gasteiger partial charge >= 0.3 is 5.97 Å². The third-order valence-electron chi connectivity index (χ3n) is 2.67. The summed E-state index contributed by atoms with van der Waals surface area (Å²) in [4.78, 5) is 22.4. The molecule has 19 heavy (non-hydrogen) atoms. The van der Waals surface area contributed by atoms with Crippen LogP contribution in [0.5, 0.6) is 0 Å². The lowest BCUT2D eigenvalue weighted by molar-refractivity contribution is -0.121. The van der Waals surface area contributed by atoms with Crippen molar-refractivity contribution in [2.24, 2.45) is 0 Å². The number of nitrogens with one attached hydrogen (secondary N) is 1. The zero-order valence-corrected chi connectivity index (χ0v) is 12.0. The molecule has 0 aliphatic heterocycles. The number of carboxylic acids is 1. The van der Waals surface area contributed by atoms with Crippen LogP contribution in [-0.2, 0) is 11.2 Å². The summed E-state index contributed by atoms with van der Waals surface area (Å²) in [6.45, 7) is 1.98. The molecule has 1 rings (SSSR count). The average Bonchev–Trinajstić information content (AvgIpc) is 2.37. The molecule has 1 aromatic carbocycles. The Morgan fingerprint density at radius 1 is 1.32 bits per heavy atom. The van der Waals surface area contributed by atoms with Crippen LogP contribution in [0.1, 0.15) is 29.3 Å². The normalized spacial score (nSPS) is 11.9. The van der Waals surface area contributed by atoms with Crippen LogP contribution in [0, 0.1) is 0 Å². The van der Waals surface area contributed by atoms with Gasteiger partial charge in [0.25, 0.3) is 0 Å². The fourth-order valence-electron chi connectivity index (χ4n) is 1.71. The molecule has 0 saturated heterocycles. The number of carbonyl (C=O) groups is 2. The zero-order valence-electron chi connectivity index (χ0n) is 11.2. The van der Waals surface area contributed by atoms with Gasteiger partial charge in [-0.15, -0.1) is 0 Å². The first-order chi connectivity index (χ1) is 9.02. The number of hydrogen-bond donors (Lipinski definition) is 2. The van der Waals surface area contributed by atoms with E-state index in [4.69, 9.17) is 5.11 Å². The van der Waals surface area contributed by atoms with E-state index in [1.807, 2.05) is 13.2 Å². The van der Waals surface area contributed by atoms with Gasteiger partial charge in [-0.05, 0) is 37.3 Å². The van der Waals surface area contributed by atoms with Crippen LogP contribution in [0.2, 0.25) is 0 Å². The number of aromatic carboxylic acids is 1. The number of benzene rings is 1. The van der Waals surface area contributed by atoms with E-state index in [0.29, 0.717) is 12.8 Å². The second kappa shape index (κ2) is 7.84. The number of carboxylic acid groups (broad SMARTS) is 1. The summed E-state index contributed by atoms with van der Waals surface area (Å²) in [5, 5.41) is 11.7. The van der Waals surface area contributed by atoms with Gasteiger partial charge in [-0.3, -0.25) is 4.79 Å². The highest BCUT2D eigenvalue weighted by Crippen LogP contribution is 2.07. The van der Waals surface area contributed by atoms with E-state index in [0.717, 1.165) is 11.3 Å². The summed E-state index contributed by atoms with van der Waals surface area (Å²) in [7, 11) is 0. The highest BCUT2D eigenvalue weighted by atomic mass is 32.2. The van der Waals surface area contributed by atoms with Crippen molar-refractivity contribution in [3.05, 3.63) is 35.4 Å². The number of hydrogen-bond acceptors (Lipinski definition) is 3. The van der Waals surface area contributed by atoms with Crippen LogP contribution in [0.3, 0.4) is 0 Å². The van der Waals surface area contributed by atoms with Crippen molar-refractivity contribution in [2.75, 3.05) is 12.0 Å². The number of amides is 1. The molecular weight excluding hydrogens is 262 g/mol. The third-order valence-corrected chi connectivity index (χ3v) is 3.50. The lowest BCUT2D eigenvalue weighted by atomic mass is 10.1. The summed E-state index contributed by atoms with van der Waals surface area (Å²) in [5.41, 5.74) is 1.24. The van der Waals surface area contributed by atoms with Crippen LogP contribution < -0.4 is 5.32 Å². The Kier molecular flexibility index (Phi) is 6.42. The van der Waals surface area contributed by atoms with Gasteiger partial charge in [0.2, 0.25) is 5.91 Å². The standard InChI is InChI=1S/C14H19NO3S/c1-10(9-19-2)15-13(16)8-5-11-3-6-12(7-4-11)14(17)18/h3-4,6-7,10H,5,8-9H2,1-2H3,(H,15,16)(H,17,18). The average molecular weight is 281 g/mol. The van der Waals surface area contributed by atoms with Crippen molar-refractivity contribution in [2.45, 2.75) is 25.8 Å². The third kappa shape index (κ3) is 5.79. The lowest BCUT2D eigenvalue weighted by Crippen LogP contribution is -2.34. The lowest BCUT2D eigenvalue weighted by Gasteiger charge is -2.12. The molecule has 0 radical (unpaired) electrons. The maximum Gasteiger partial charge on any atom is 0.335 e. The summed E-state index contributed by atoms with van der Waals surface area (Å²) in [5.74, 6) is -0.00183. The van der Waals surface area contributed by atoms with Gasteiger partial charge in [0.15, 0.2) is 0 Å². The molecule has 1 atom stereocenters. The minimum atomic E-state index is -0.935. The number of carbonyl (C=O) groups excluding carboxylic acids is 1. The van der Waals surface area contributed by atoms with Crippen molar-refractivity contribution >= 4 is 23.6 Å². The van der Waals surface area contributed by atoms with E-state index < -0.39 is 5.97 Å². The quantitative estimate of drug-likeness (QED) is 0.804. The van der Waals surface area contributed by atoms with Crippen molar-refractivity contribution in [3.8, 4) is 0 Å². The van der Waals surface area contributed by atoms with Crippen LogP contribution in [-0.4, -0.2) is 35.0 Å². The predicted octanol–water partition coefficient (Wildman–Crippen LogP) is 2.19. The fourth-order valence-corrected chi connectivity index (χ4v) is 2.29.